The second-order valence-corrected chi connectivity index (χ2v) is 5.92. The zero-order valence-corrected chi connectivity index (χ0v) is 14.0. The van der Waals surface area contributed by atoms with Gasteiger partial charge in [-0.15, -0.1) is 0 Å². The van der Waals surface area contributed by atoms with Crippen LogP contribution < -0.4 is 4.84 Å². The summed E-state index contributed by atoms with van der Waals surface area (Å²) in [7, 11) is 0. The van der Waals surface area contributed by atoms with Crippen LogP contribution in [0.4, 0.5) is 4.79 Å². The van der Waals surface area contributed by atoms with E-state index in [1.165, 1.54) is 0 Å². The molecule has 1 atom stereocenters. The summed E-state index contributed by atoms with van der Waals surface area (Å²) in [4.78, 5) is 33.0. The molecule has 1 heterocycles. The van der Waals surface area contributed by atoms with E-state index in [1.54, 1.807) is 36.1 Å². The number of nitrogens with zero attached hydrogens (tertiary/aromatic N) is 2. The van der Waals surface area contributed by atoms with Crippen LogP contribution in [0, 0.1) is 6.92 Å². The van der Waals surface area contributed by atoms with Crippen LogP contribution in [0.1, 0.15) is 25.0 Å². The number of hydrogen-bond donors (Lipinski definition) is 0. The Morgan fingerprint density at radius 2 is 1.62 bits per heavy atom. The third-order valence-electron chi connectivity index (χ3n) is 4.47. The van der Waals surface area contributed by atoms with Crippen LogP contribution in [-0.2, 0) is 10.3 Å². The van der Waals surface area contributed by atoms with Crippen molar-refractivity contribution < 1.29 is 14.4 Å². The average Bonchev–Trinajstić information content (AvgIpc) is 2.77. The lowest BCUT2D eigenvalue weighted by Crippen LogP contribution is -2.44. The molecule has 1 unspecified atom stereocenters. The van der Waals surface area contributed by atoms with Gasteiger partial charge in [0.25, 0.3) is 5.91 Å². The molecule has 1 aliphatic heterocycles. The van der Waals surface area contributed by atoms with Crippen molar-refractivity contribution in [2.24, 2.45) is 0 Å². The molecule has 5 nitrogen and oxygen atoms in total. The van der Waals surface area contributed by atoms with Crippen molar-refractivity contribution in [3.8, 4) is 5.75 Å². The molecule has 5 heteroatoms. The molecule has 3 amide bonds. The van der Waals surface area contributed by atoms with E-state index >= 15 is 0 Å². The molecule has 0 saturated carbocycles. The minimum absolute atomic E-state index is 0.382. The summed E-state index contributed by atoms with van der Waals surface area (Å²) in [5, 5.41) is 0.866. The first-order chi connectivity index (χ1) is 11.5. The minimum atomic E-state index is -1.08. The number of rotatable bonds is 4. The van der Waals surface area contributed by atoms with Crippen LogP contribution in [0.2, 0.25) is 0 Å². The molecule has 2 aromatic rings. The topological polar surface area (TPSA) is 49.9 Å². The number of carbonyl (C=O) groups excluding carboxylic acids is 2. The number of likely N-dealkylation sites (N-methyl/N-ethyl adjacent to an activating group) is 1. The molecule has 0 radical (unpaired) electrons. The largest absolute Gasteiger partial charge is 0.367 e. The zero-order chi connectivity index (χ0) is 17.3. The number of aryl methyl sites for hydroxylation is 1. The van der Waals surface area contributed by atoms with E-state index in [9.17, 15) is 9.59 Å². The number of urea groups is 1. The molecule has 2 aromatic carbocycles. The zero-order valence-electron chi connectivity index (χ0n) is 14.0. The van der Waals surface area contributed by atoms with Crippen LogP contribution in [-0.4, -0.2) is 28.4 Å². The first-order valence-corrected chi connectivity index (χ1v) is 7.95. The molecular formula is C19H20N2O3. The first-order valence-electron chi connectivity index (χ1n) is 7.95. The third kappa shape index (κ3) is 2.33. The minimum Gasteiger partial charge on any atom is -0.367 e. The van der Waals surface area contributed by atoms with Crippen molar-refractivity contribution in [2.75, 3.05) is 6.54 Å². The van der Waals surface area contributed by atoms with E-state index in [1.807, 2.05) is 44.2 Å². The number of hydroxylamine groups is 2. The first kappa shape index (κ1) is 16.1. The van der Waals surface area contributed by atoms with Crippen LogP contribution in [0.3, 0.4) is 0 Å². The second kappa shape index (κ2) is 6.00. The maximum Gasteiger partial charge on any atom is 0.362 e. The molecule has 0 spiro atoms. The predicted octanol–water partition coefficient (Wildman–Crippen LogP) is 3.49. The second-order valence-electron chi connectivity index (χ2n) is 5.92. The summed E-state index contributed by atoms with van der Waals surface area (Å²) in [6.45, 7) is 5.97. The van der Waals surface area contributed by atoms with Crippen molar-refractivity contribution >= 4 is 11.9 Å². The Labute approximate surface area is 141 Å². The molecule has 1 saturated heterocycles. The Morgan fingerprint density at radius 1 is 1.00 bits per heavy atom. The standard InChI is InChI=1S/C19H20N2O3/c1-4-20-18(23)21(24-15-11-6-5-7-12-15)17(22)19(20,3)16-13-9-8-10-14(16)2/h5-13H,4H2,1-3H3. The maximum atomic E-state index is 13.1. The van der Waals surface area contributed by atoms with E-state index in [-0.39, 0.29) is 5.91 Å². The Hall–Kier alpha value is -2.82. The average molecular weight is 324 g/mol. The van der Waals surface area contributed by atoms with Crippen LogP contribution in [0.15, 0.2) is 54.6 Å². The number of para-hydroxylation sites is 1. The van der Waals surface area contributed by atoms with Gasteiger partial charge in [-0.2, -0.15) is 0 Å². The van der Waals surface area contributed by atoms with Crippen molar-refractivity contribution in [3.05, 3.63) is 65.7 Å². The van der Waals surface area contributed by atoms with E-state index in [0.29, 0.717) is 12.3 Å². The number of carbonyl (C=O) groups is 2. The Morgan fingerprint density at radius 3 is 2.25 bits per heavy atom. The summed E-state index contributed by atoms with van der Waals surface area (Å²) in [5.41, 5.74) is 0.692. The maximum absolute atomic E-state index is 13.1. The van der Waals surface area contributed by atoms with Gasteiger partial charge in [-0.3, -0.25) is 4.79 Å². The highest BCUT2D eigenvalue weighted by Crippen LogP contribution is 2.38. The van der Waals surface area contributed by atoms with Gasteiger partial charge in [0.2, 0.25) is 0 Å². The van der Waals surface area contributed by atoms with Crippen LogP contribution >= 0.6 is 0 Å². The molecular weight excluding hydrogens is 304 g/mol. The fourth-order valence-corrected chi connectivity index (χ4v) is 3.20. The molecule has 1 aliphatic rings. The summed E-state index contributed by atoms with van der Waals surface area (Å²) in [6, 6.07) is 16.0. The Balaban J connectivity index is 2.03. The number of imide groups is 1. The SMILES string of the molecule is CCN1C(=O)N(Oc2ccccc2)C(=O)C1(C)c1ccccc1C. The molecule has 0 bridgehead atoms. The van der Waals surface area contributed by atoms with E-state index in [4.69, 9.17) is 4.84 Å². The lowest BCUT2D eigenvalue weighted by Gasteiger charge is -2.32. The summed E-state index contributed by atoms with van der Waals surface area (Å²) in [6.07, 6.45) is 0. The van der Waals surface area contributed by atoms with Gasteiger partial charge in [0.15, 0.2) is 5.75 Å². The number of amides is 3. The molecule has 0 aliphatic carbocycles. The summed E-state index contributed by atoms with van der Waals surface area (Å²) in [5.74, 6) is 0.0665. The van der Waals surface area contributed by atoms with Gasteiger partial charge >= 0.3 is 6.03 Å². The quantitative estimate of drug-likeness (QED) is 0.809. The van der Waals surface area contributed by atoms with Gasteiger partial charge in [0, 0.05) is 6.54 Å². The third-order valence-corrected chi connectivity index (χ3v) is 4.47. The summed E-state index contributed by atoms with van der Waals surface area (Å²) < 4.78 is 0. The van der Waals surface area contributed by atoms with Crippen LogP contribution in [0.5, 0.6) is 5.75 Å². The van der Waals surface area contributed by atoms with Crippen molar-refractivity contribution in [3.63, 3.8) is 0 Å². The monoisotopic (exact) mass is 324 g/mol. The highest BCUT2D eigenvalue weighted by atomic mass is 16.7. The highest BCUT2D eigenvalue weighted by Gasteiger charge is 2.56. The fraction of sp³-hybridized carbons (Fsp3) is 0.263. The molecule has 124 valence electrons. The fourth-order valence-electron chi connectivity index (χ4n) is 3.20. The Kier molecular flexibility index (Phi) is 4.01. The van der Waals surface area contributed by atoms with Gasteiger partial charge in [0.05, 0.1) is 0 Å². The molecule has 24 heavy (non-hydrogen) atoms. The van der Waals surface area contributed by atoms with E-state index in [0.717, 1.165) is 16.2 Å². The lowest BCUT2D eigenvalue weighted by molar-refractivity contribution is -0.148. The van der Waals surface area contributed by atoms with E-state index < -0.39 is 11.6 Å². The van der Waals surface area contributed by atoms with Gasteiger partial charge in [0.1, 0.15) is 5.54 Å². The van der Waals surface area contributed by atoms with Gasteiger partial charge in [-0.05, 0) is 44.0 Å². The molecule has 1 fully saturated rings. The van der Waals surface area contributed by atoms with Crippen molar-refractivity contribution in [1.82, 2.24) is 9.96 Å². The van der Waals surface area contributed by atoms with Gasteiger partial charge in [-0.25, -0.2) is 4.79 Å². The lowest BCUT2D eigenvalue weighted by atomic mass is 9.87. The summed E-state index contributed by atoms with van der Waals surface area (Å²) >= 11 is 0. The predicted molar refractivity (Wildman–Crippen MR) is 90.2 cm³/mol. The Bertz CT molecular complexity index is 775. The normalized spacial score (nSPS) is 20.6. The van der Waals surface area contributed by atoms with Crippen LogP contribution in [0.25, 0.3) is 0 Å². The smallest absolute Gasteiger partial charge is 0.362 e. The molecule has 3 rings (SSSR count). The van der Waals surface area contributed by atoms with Crippen molar-refractivity contribution in [2.45, 2.75) is 26.3 Å². The molecule has 0 N–H and O–H groups in total. The van der Waals surface area contributed by atoms with E-state index in [2.05, 4.69) is 0 Å². The highest BCUT2D eigenvalue weighted by molar-refractivity contribution is 6.06. The molecule has 0 aromatic heterocycles. The van der Waals surface area contributed by atoms with Gasteiger partial charge in [-0.1, -0.05) is 47.5 Å². The number of benzene rings is 2. The van der Waals surface area contributed by atoms with Crippen molar-refractivity contribution in [1.29, 1.82) is 0 Å². The number of hydrogen-bond acceptors (Lipinski definition) is 3. The van der Waals surface area contributed by atoms with Gasteiger partial charge < -0.3 is 9.74 Å².